The van der Waals surface area contributed by atoms with Crippen LogP contribution in [0.1, 0.15) is 15.2 Å². The Kier molecular flexibility index (Phi) is 3.15. The highest BCUT2D eigenvalue weighted by Crippen LogP contribution is 2.48. The molecular weight excluding hydrogens is 280 g/mol. The highest BCUT2D eigenvalue weighted by molar-refractivity contribution is 6.18. The number of urea groups is 1. The molecule has 1 fully saturated rings. The zero-order valence-corrected chi connectivity index (χ0v) is 11.0. The molecule has 1 unspecified atom stereocenters. The molecule has 0 bridgehead atoms. The third kappa shape index (κ3) is 2.19. The number of nitrogens with one attached hydrogen (secondary N) is 1. The van der Waals surface area contributed by atoms with Gasteiger partial charge in [0.1, 0.15) is 0 Å². The number of carbonyl (C=O) groups excluding carboxylic acids is 1. The van der Waals surface area contributed by atoms with Crippen molar-refractivity contribution >= 4 is 17.6 Å². The third-order valence-corrected chi connectivity index (χ3v) is 3.95. The van der Waals surface area contributed by atoms with Gasteiger partial charge in [-0.15, -0.1) is 11.6 Å². The summed E-state index contributed by atoms with van der Waals surface area (Å²) in [5, 5.41) is 2.31. The molecular formula is C11H16ClF2N3O2. The Balaban J connectivity index is 2.33. The van der Waals surface area contributed by atoms with Crippen LogP contribution in [0.2, 0.25) is 0 Å². The minimum Gasteiger partial charge on any atom is -0.344 e. The predicted molar refractivity (Wildman–Crippen MR) is 65.6 cm³/mol. The smallest absolute Gasteiger partial charge is 0.325 e. The molecule has 19 heavy (non-hydrogen) atoms. The number of hydrogen-bond acceptors (Lipinski definition) is 3. The fourth-order valence-corrected chi connectivity index (χ4v) is 2.35. The highest BCUT2D eigenvalue weighted by atomic mass is 35.5. The Hall–Kier alpha value is -0.920. The molecule has 0 saturated carbocycles. The zero-order valence-electron chi connectivity index (χ0n) is 11.3. The van der Waals surface area contributed by atoms with E-state index in [-0.39, 0.29) is 5.88 Å². The van der Waals surface area contributed by atoms with Crippen LogP contribution in [0.5, 0.6) is 0 Å². The summed E-state index contributed by atoms with van der Waals surface area (Å²) in [5.74, 6) is -4.85. The number of carbonyl (C=O) groups is 1. The van der Waals surface area contributed by atoms with Crippen molar-refractivity contribution in [2.24, 2.45) is 11.7 Å². The molecule has 2 heterocycles. The van der Waals surface area contributed by atoms with Crippen molar-refractivity contribution in [1.29, 1.82) is 0 Å². The minimum absolute atomic E-state index is 0.248. The van der Waals surface area contributed by atoms with Gasteiger partial charge in [0.15, 0.2) is 0 Å². The van der Waals surface area contributed by atoms with Crippen molar-refractivity contribution < 1.29 is 19.7 Å². The molecule has 108 valence electrons. The van der Waals surface area contributed by atoms with Gasteiger partial charge in [0.25, 0.3) is 5.92 Å². The Bertz CT molecular complexity index is 434. The maximum atomic E-state index is 14.4. The third-order valence-electron chi connectivity index (χ3n) is 3.50. The number of amides is 2. The molecule has 1 saturated heterocycles. The first-order valence-corrected chi connectivity index (χ1v) is 6.25. The number of ether oxygens (including phenoxy) is 1. The van der Waals surface area contributed by atoms with E-state index in [1.165, 1.54) is 19.2 Å². The average molecular weight is 298 g/mol. The topological polar surface area (TPSA) is 67.6 Å². The molecule has 4 atom stereocenters. The average Bonchev–Trinajstić information content (AvgIpc) is 2.60. The molecule has 0 spiro atoms. The van der Waals surface area contributed by atoms with Crippen LogP contribution in [0.25, 0.3) is 0 Å². The second-order valence-corrected chi connectivity index (χ2v) is 5.06. The summed E-state index contributed by atoms with van der Waals surface area (Å²) in [6.45, 7) is 0.858. The lowest BCUT2D eigenvalue weighted by Crippen LogP contribution is -2.56. The molecule has 3 N–H and O–H groups in total. The van der Waals surface area contributed by atoms with E-state index in [0.29, 0.717) is 0 Å². The van der Waals surface area contributed by atoms with Crippen LogP contribution < -0.4 is 11.1 Å². The van der Waals surface area contributed by atoms with E-state index >= 15 is 0 Å². The van der Waals surface area contributed by atoms with E-state index in [1.807, 2.05) is 0 Å². The maximum absolute atomic E-state index is 14.4. The van der Waals surface area contributed by atoms with Crippen molar-refractivity contribution in [1.82, 2.24) is 10.2 Å². The first kappa shape index (κ1) is 13.1. The van der Waals surface area contributed by atoms with Gasteiger partial charge < -0.3 is 15.8 Å². The van der Waals surface area contributed by atoms with Crippen molar-refractivity contribution in [3.05, 3.63) is 12.3 Å². The lowest BCUT2D eigenvalue weighted by Gasteiger charge is -2.33. The lowest BCUT2D eigenvalue weighted by atomic mass is 9.89. The summed E-state index contributed by atoms with van der Waals surface area (Å²) in [6, 6.07) is -0.771. The van der Waals surface area contributed by atoms with Crippen molar-refractivity contribution in [3.8, 4) is 0 Å². The number of alkyl halides is 3. The minimum atomic E-state index is -3.32. The molecule has 2 aliphatic heterocycles. The summed E-state index contributed by atoms with van der Waals surface area (Å²) >= 11 is 5.72. The molecule has 0 aromatic rings. The molecule has 2 amide bonds. The van der Waals surface area contributed by atoms with Gasteiger partial charge in [0.2, 0.25) is 6.23 Å². The quantitative estimate of drug-likeness (QED) is 0.758. The fourth-order valence-electron chi connectivity index (χ4n) is 2.06. The van der Waals surface area contributed by atoms with Gasteiger partial charge in [-0.25, -0.2) is 13.6 Å². The van der Waals surface area contributed by atoms with Gasteiger partial charge in [0, 0.05) is 7.57 Å². The molecule has 0 radical (unpaired) electrons. The summed E-state index contributed by atoms with van der Waals surface area (Å²) < 4.78 is 41.5. The zero-order chi connectivity index (χ0) is 15.1. The summed E-state index contributed by atoms with van der Waals surface area (Å²) in [6.07, 6.45) is 0.0150. The molecule has 0 aliphatic carbocycles. The molecule has 2 rings (SSSR count). The Morgan fingerprint density at radius 1 is 1.74 bits per heavy atom. The first-order valence-electron chi connectivity index (χ1n) is 6.43. The van der Waals surface area contributed by atoms with E-state index in [1.54, 1.807) is 0 Å². The first-order chi connectivity index (χ1) is 9.28. The van der Waals surface area contributed by atoms with E-state index in [2.05, 4.69) is 5.32 Å². The molecule has 0 aromatic heterocycles. The van der Waals surface area contributed by atoms with Gasteiger partial charge in [0.05, 0.1) is 23.6 Å². The lowest BCUT2D eigenvalue weighted by molar-refractivity contribution is -0.138. The van der Waals surface area contributed by atoms with Crippen LogP contribution in [0.15, 0.2) is 12.3 Å². The van der Waals surface area contributed by atoms with Crippen LogP contribution in [-0.2, 0) is 4.74 Å². The monoisotopic (exact) mass is 297 g/mol. The largest absolute Gasteiger partial charge is 0.344 e. The molecule has 8 heteroatoms. The highest BCUT2D eigenvalue weighted by Gasteiger charge is 2.64. The number of nitrogens with zero attached hydrogens (tertiary/aromatic N) is 1. The van der Waals surface area contributed by atoms with E-state index < -0.39 is 42.8 Å². The Labute approximate surface area is 116 Å². The molecule has 5 nitrogen and oxygen atoms in total. The number of rotatable bonds is 2. The second kappa shape index (κ2) is 4.57. The van der Waals surface area contributed by atoms with Crippen molar-refractivity contribution in [2.75, 3.05) is 5.88 Å². The van der Waals surface area contributed by atoms with Crippen molar-refractivity contribution in [3.63, 3.8) is 0 Å². The van der Waals surface area contributed by atoms with Crippen LogP contribution >= 0.6 is 11.6 Å². The number of hydrogen-bond donors (Lipinski definition) is 2. The fraction of sp³-hybridized carbons (Fsp3) is 0.727. The van der Waals surface area contributed by atoms with Crippen LogP contribution in [0.4, 0.5) is 13.6 Å². The van der Waals surface area contributed by atoms with E-state index in [0.717, 1.165) is 4.90 Å². The van der Waals surface area contributed by atoms with Gasteiger partial charge >= 0.3 is 6.03 Å². The van der Waals surface area contributed by atoms with Crippen molar-refractivity contribution in [2.45, 2.75) is 37.7 Å². The standard InChI is InChI=1S/C11H16ClF2N3O2/c1-6-10(2,5-12)19-8(11(6,13)14)17-4-3-7(15)16-9(17)18/h3-4,6-8H,5,15H2,1-2H3,(H,16,18)/t6-,7?,8-,10+/m1/s1/i2T. The predicted octanol–water partition coefficient (Wildman–Crippen LogP) is 1.44. The summed E-state index contributed by atoms with van der Waals surface area (Å²) in [7, 11) is 0. The maximum Gasteiger partial charge on any atom is 0.325 e. The van der Waals surface area contributed by atoms with Gasteiger partial charge in [-0.3, -0.25) is 4.90 Å². The molecule has 2 aliphatic rings. The summed E-state index contributed by atoms with van der Waals surface area (Å²) in [4.78, 5) is 12.5. The van der Waals surface area contributed by atoms with Crippen LogP contribution in [0, 0.1) is 5.92 Å². The number of nitrogens with two attached hydrogens (primary N) is 1. The molecule has 0 aromatic carbocycles. The van der Waals surface area contributed by atoms with Gasteiger partial charge in [-0.2, -0.15) is 0 Å². The number of halogens is 3. The normalized spacial score (nSPS) is 42.2. The SMILES string of the molecule is [3H]C[C@@]1(CCl)O[C@@H](N2C=CC(N)NC2=O)C(F)(F)[C@@H]1C. The van der Waals surface area contributed by atoms with Crippen LogP contribution in [0.3, 0.4) is 0 Å². The van der Waals surface area contributed by atoms with E-state index in [9.17, 15) is 13.6 Å². The summed E-state index contributed by atoms with van der Waals surface area (Å²) in [5.41, 5.74) is 3.98. The van der Waals surface area contributed by atoms with Gasteiger partial charge in [-0.05, 0) is 13.0 Å². The van der Waals surface area contributed by atoms with Crippen LogP contribution in [-0.4, -0.2) is 40.7 Å². The van der Waals surface area contributed by atoms with Gasteiger partial charge in [-0.1, -0.05) is 6.92 Å². The second-order valence-electron chi connectivity index (χ2n) is 4.79. The Morgan fingerprint density at radius 2 is 2.42 bits per heavy atom. The Morgan fingerprint density at radius 3 is 2.89 bits per heavy atom. The van der Waals surface area contributed by atoms with E-state index in [4.69, 9.17) is 23.4 Å².